The molecule has 1 amide bonds. The van der Waals surface area contributed by atoms with Crippen molar-refractivity contribution in [3.05, 3.63) is 59.9 Å². The summed E-state index contributed by atoms with van der Waals surface area (Å²) < 4.78 is 32.8. The first-order valence-electron chi connectivity index (χ1n) is 15.1. The van der Waals surface area contributed by atoms with Crippen LogP contribution in [-0.4, -0.2) is 69.8 Å². The molecule has 2 aromatic carbocycles. The molecule has 0 aliphatic carbocycles. The molecular formula is C32H46FN3O4. The normalized spacial score (nSPS) is 16.6. The number of nitrogens with zero attached hydrogens (tertiary/aromatic N) is 3. The Kier molecular flexibility index (Phi) is 11.9. The summed E-state index contributed by atoms with van der Waals surface area (Å²) in [4.78, 5) is 18.7. The fraction of sp³-hybridized carbons (Fsp3) is 0.594. The third kappa shape index (κ3) is 8.58. The molecule has 2 aromatic rings. The van der Waals surface area contributed by atoms with Crippen LogP contribution in [0.5, 0.6) is 0 Å². The van der Waals surface area contributed by atoms with E-state index in [9.17, 15) is 4.79 Å². The summed E-state index contributed by atoms with van der Waals surface area (Å²) in [5.74, 6) is 0.131. The first-order valence-corrected chi connectivity index (χ1v) is 15.1. The van der Waals surface area contributed by atoms with Gasteiger partial charge in [-0.05, 0) is 49.4 Å². The van der Waals surface area contributed by atoms with Crippen LogP contribution in [-0.2, 0) is 20.8 Å². The molecule has 0 bridgehead atoms. The molecule has 0 N–H and O–H groups in total. The number of carbonyl (C=O) groups excluding carboxylic acids is 1. The van der Waals surface area contributed by atoms with Gasteiger partial charge in [-0.25, -0.2) is 9.18 Å². The monoisotopic (exact) mass is 555 g/mol. The van der Waals surface area contributed by atoms with Crippen molar-refractivity contribution in [2.24, 2.45) is 5.92 Å². The lowest BCUT2D eigenvalue weighted by Crippen LogP contribution is -2.49. The van der Waals surface area contributed by atoms with E-state index in [4.69, 9.17) is 14.2 Å². The summed E-state index contributed by atoms with van der Waals surface area (Å²) in [6.07, 6.45) is 5.63. The average Bonchev–Trinajstić information content (AvgIpc) is 3.00. The molecule has 220 valence electrons. The lowest BCUT2D eigenvalue weighted by molar-refractivity contribution is -0.177. The Morgan fingerprint density at radius 3 is 2.15 bits per heavy atom. The molecule has 0 aromatic heterocycles. The van der Waals surface area contributed by atoms with Gasteiger partial charge in [0.2, 0.25) is 0 Å². The minimum atomic E-state index is -0.290. The number of carbonyl (C=O) groups is 1. The summed E-state index contributed by atoms with van der Waals surface area (Å²) >= 11 is 0. The summed E-state index contributed by atoms with van der Waals surface area (Å²) in [6.45, 7) is 10.1. The lowest BCUT2D eigenvalue weighted by atomic mass is 9.95. The minimum absolute atomic E-state index is 0.174. The zero-order valence-electron chi connectivity index (χ0n) is 24.2. The van der Waals surface area contributed by atoms with E-state index in [0.717, 1.165) is 76.1 Å². The van der Waals surface area contributed by atoms with E-state index < -0.39 is 0 Å². The predicted octanol–water partition coefficient (Wildman–Crippen LogP) is 6.46. The lowest BCUT2D eigenvalue weighted by Gasteiger charge is -2.38. The zero-order chi connectivity index (χ0) is 28.2. The van der Waals surface area contributed by atoms with Gasteiger partial charge in [0.25, 0.3) is 0 Å². The number of piperidine rings is 1. The predicted molar refractivity (Wildman–Crippen MR) is 157 cm³/mol. The number of halogens is 1. The first-order chi connectivity index (χ1) is 19.6. The Balaban J connectivity index is 1.28. The van der Waals surface area contributed by atoms with Crippen LogP contribution in [0.15, 0.2) is 48.5 Å². The molecule has 40 heavy (non-hydrogen) atoms. The van der Waals surface area contributed by atoms with Crippen molar-refractivity contribution in [2.45, 2.75) is 65.3 Å². The van der Waals surface area contributed by atoms with Crippen LogP contribution in [0.3, 0.4) is 0 Å². The highest BCUT2D eigenvalue weighted by molar-refractivity contribution is 5.68. The largest absolute Gasteiger partial charge is 0.445 e. The SMILES string of the molecule is CCCCOC(OCCCC)C1CCN(c2cc(N3CCN(C(=O)OCc4ccccc4)CC3)ccc2F)CC1. The van der Waals surface area contributed by atoms with E-state index >= 15 is 4.39 Å². The standard InChI is InChI=1S/C32H46FN3O4/c1-3-5-22-38-31(39-23-6-4-2)27-14-16-35(17-15-27)30-24-28(12-13-29(30)33)34-18-20-36(21-19-34)32(37)40-25-26-10-8-7-9-11-26/h7-13,24,27,31H,3-6,14-23,25H2,1-2H3. The molecule has 8 heteroatoms. The van der Waals surface area contributed by atoms with Crippen LogP contribution in [0.1, 0.15) is 57.9 Å². The third-order valence-corrected chi connectivity index (χ3v) is 7.86. The molecule has 2 saturated heterocycles. The second kappa shape index (κ2) is 15.8. The number of hydrogen-bond donors (Lipinski definition) is 0. The highest BCUT2D eigenvalue weighted by Crippen LogP contribution is 2.32. The van der Waals surface area contributed by atoms with Gasteiger partial charge in [0.05, 0.1) is 5.69 Å². The third-order valence-electron chi connectivity index (χ3n) is 7.86. The number of piperazine rings is 1. The fourth-order valence-electron chi connectivity index (χ4n) is 5.32. The minimum Gasteiger partial charge on any atom is -0.445 e. The number of ether oxygens (including phenoxy) is 3. The Morgan fingerprint density at radius 1 is 0.875 bits per heavy atom. The van der Waals surface area contributed by atoms with Crippen LogP contribution in [0.4, 0.5) is 20.6 Å². The highest BCUT2D eigenvalue weighted by Gasteiger charge is 2.29. The summed E-state index contributed by atoms with van der Waals surface area (Å²) in [7, 11) is 0. The van der Waals surface area contributed by atoms with E-state index in [1.54, 1.807) is 11.0 Å². The van der Waals surface area contributed by atoms with Crippen LogP contribution in [0.25, 0.3) is 0 Å². The molecule has 0 atom stereocenters. The Morgan fingerprint density at radius 2 is 1.52 bits per heavy atom. The number of amides is 1. The Labute approximate surface area is 239 Å². The molecule has 2 fully saturated rings. The van der Waals surface area contributed by atoms with E-state index in [1.165, 1.54) is 0 Å². The number of benzene rings is 2. The van der Waals surface area contributed by atoms with Gasteiger partial charge < -0.3 is 28.9 Å². The van der Waals surface area contributed by atoms with E-state index in [-0.39, 0.29) is 24.8 Å². The number of unbranched alkanes of at least 4 members (excludes halogenated alkanes) is 2. The molecule has 2 aliphatic heterocycles. The van der Waals surface area contributed by atoms with Crippen molar-refractivity contribution in [1.82, 2.24) is 4.90 Å². The molecule has 0 unspecified atom stereocenters. The van der Waals surface area contributed by atoms with Crippen LogP contribution in [0, 0.1) is 11.7 Å². The zero-order valence-corrected chi connectivity index (χ0v) is 24.2. The number of hydrogen-bond acceptors (Lipinski definition) is 6. The van der Waals surface area contributed by atoms with Gasteiger partial charge in [-0.15, -0.1) is 0 Å². The molecule has 0 spiro atoms. The average molecular weight is 556 g/mol. The van der Waals surface area contributed by atoms with Crippen LogP contribution in [0.2, 0.25) is 0 Å². The second-order valence-electron chi connectivity index (χ2n) is 10.8. The first kappa shape index (κ1) is 30.1. The van der Waals surface area contributed by atoms with Crippen molar-refractivity contribution in [1.29, 1.82) is 0 Å². The van der Waals surface area contributed by atoms with Crippen molar-refractivity contribution in [2.75, 3.05) is 62.3 Å². The molecular weight excluding hydrogens is 509 g/mol. The van der Waals surface area contributed by atoms with E-state index in [0.29, 0.717) is 37.8 Å². The summed E-state index contributed by atoms with van der Waals surface area (Å²) in [5, 5.41) is 0. The van der Waals surface area contributed by atoms with Gasteiger partial charge in [0.1, 0.15) is 12.4 Å². The summed E-state index contributed by atoms with van der Waals surface area (Å²) in [6, 6.07) is 15.1. The molecule has 0 saturated carbocycles. The quantitative estimate of drug-likeness (QED) is 0.209. The van der Waals surface area contributed by atoms with E-state index in [1.807, 2.05) is 42.5 Å². The molecule has 2 heterocycles. The van der Waals surface area contributed by atoms with Gasteiger partial charge in [0.15, 0.2) is 6.29 Å². The maximum Gasteiger partial charge on any atom is 0.410 e. The molecule has 7 nitrogen and oxygen atoms in total. The van der Waals surface area contributed by atoms with Gasteiger partial charge in [-0.3, -0.25) is 0 Å². The molecule has 4 rings (SSSR count). The van der Waals surface area contributed by atoms with Gasteiger partial charge >= 0.3 is 6.09 Å². The van der Waals surface area contributed by atoms with Crippen molar-refractivity contribution >= 4 is 17.5 Å². The fourth-order valence-corrected chi connectivity index (χ4v) is 5.32. The van der Waals surface area contributed by atoms with Gasteiger partial charge in [0, 0.05) is 64.1 Å². The van der Waals surface area contributed by atoms with Crippen molar-refractivity contribution < 1.29 is 23.4 Å². The van der Waals surface area contributed by atoms with Crippen molar-refractivity contribution in [3.8, 4) is 0 Å². The maximum atomic E-state index is 15.0. The Bertz CT molecular complexity index is 1010. The second-order valence-corrected chi connectivity index (χ2v) is 10.8. The summed E-state index contributed by atoms with van der Waals surface area (Å²) in [5.41, 5.74) is 2.61. The van der Waals surface area contributed by atoms with Crippen LogP contribution < -0.4 is 9.80 Å². The molecule has 2 aliphatic rings. The van der Waals surface area contributed by atoms with Gasteiger partial charge in [-0.1, -0.05) is 57.0 Å². The highest BCUT2D eigenvalue weighted by atomic mass is 19.1. The Hall–Kier alpha value is -2.84. The van der Waals surface area contributed by atoms with Crippen molar-refractivity contribution in [3.63, 3.8) is 0 Å². The van der Waals surface area contributed by atoms with Crippen LogP contribution >= 0.6 is 0 Å². The van der Waals surface area contributed by atoms with E-state index in [2.05, 4.69) is 23.6 Å². The number of rotatable bonds is 13. The van der Waals surface area contributed by atoms with Gasteiger partial charge in [-0.2, -0.15) is 0 Å². The maximum absolute atomic E-state index is 15.0. The number of anilines is 2. The smallest absolute Gasteiger partial charge is 0.410 e. The topological polar surface area (TPSA) is 54.5 Å². The molecule has 0 radical (unpaired) electrons.